The number of aliphatic hydroxyl groups is 2. The molecule has 4 fully saturated rings. The summed E-state index contributed by atoms with van der Waals surface area (Å²) in [5, 5.41) is 26.4. The average molecular weight is 804 g/mol. The van der Waals surface area contributed by atoms with Gasteiger partial charge in [-0.25, -0.2) is 0 Å². The molecule has 1 saturated carbocycles. The third kappa shape index (κ3) is 8.25. The van der Waals surface area contributed by atoms with E-state index in [1.54, 1.807) is 25.2 Å². The van der Waals surface area contributed by atoms with Crippen molar-refractivity contribution in [2.24, 2.45) is 17.8 Å². The molecule has 12 nitrogen and oxygen atoms in total. The fourth-order valence-electron chi connectivity index (χ4n) is 10.0. The van der Waals surface area contributed by atoms with Gasteiger partial charge in [0.15, 0.2) is 5.79 Å². The van der Waals surface area contributed by atoms with E-state index in [2.05, 4.69) is 18.3 Å². The summed E-state index contributed by atoms with van der Waals surface area (Å²) < 4.78 is 37.3. The number of amides is 1. The van der Waals surface area contributed by atoms with Crippen molar-refractivity contribution < 1.29 is 53.0 Å². The number of nitrogens with one attached hydrogen (secondary N) is 1. The summed E-state index contributed by atoms with van der Waals surface area (Å²) in [6.45, 7) is 9.86. The van der Waals surface area contributed by atoms with Crippen LogP contribution in [0.15, 0.2) is 71.4 Å². The van der Waals surface area contributed by atoms with Crippen LogP contribution in [0.3, 0.4) is 0 Å². The Morgan fingerprint density at radius 2 is 1.74 bits per heavy atom. The summed E-state index contributed by atoms with van der Waals surface area (Å²) in [6.07, 6.45) is 11.2. The van der Waals surface area contributed by atoms with Gasteiger partial charge < -0.3 is 44.0 Å². The highest BCUT2D eigenvalue weighted by Gasteiger charge is 2.60. The molecule has 1 aromatic rings. The average Bonchev–Trinajstić information content (AvgIpc) is 3.82. The monoisotopic (exact) mass is 803 g/mol. The van der Waals surface area contributed by atoms with E-state index in [0.29, 0.717) is 61.3 Å². The van der Waals surface area contributed by atoms with Crippen molar-refractivity contribution in [2.75, 3.05) is 25.6 Å². The normalized spacial score (nSPS) is 39.9. The summed E-state index contributed by atoms with van der Waals surface area (Å²) in [6, 6.07) is 7.41. The number of allylic oxidation sites excluding steroid dienone is 2. The van der Waals surface area contributed by atoms with Gasteiger partial charge in [0.2, 0.25) is 5.91 Å². The van der Waals surface area contributed by atoms with E-state index in [-0.39, 0.29) is 43.2 Å². The number of fused-ring (bicyclic) bond motifs is 2. The minimum absolute atomic E-state index is 0.0168. The molecule has 0 radical (unpaired) electrons. The van der Waals surface area contributed by atoms with Crippen molar-refractivity contribution in [3.63, 3.8) is 0 Å². The van der Waals surface area contributed by atoms with Crippen molar-refractivity contribution >= 4 is 23.5 Å². The van der Waals surface area contributed by atoms with Gasteiger partial charge >= 0.3 is 11.9 Å². The molecule has 1 amide bonds. The van der Waals surface area contributed by atoms with Crippen LogP contribution in [0, 0.1) is 17.8 Å². The van der Waals surface area contributed by atoms with Crippen LogP contribution in [0.4, 0.5) is 5.69 Å². The second-order valence-corrected chi connectivity index (χ2v) is 17.7. The molecule has 4 heterocycles. The number of hydrogen-bond acceptors (Lipinski definition) is 11. The Morgan fingerprint density at radius 1 is 1.00 bits per heavy atom. The van der Waals surface area contributed by atoms with Crippen LogP contribution in [0.25, 0.3) is 0 Å². The molecule has 2 aliphatic carbocycles. The maximum Gasteiger partial charge on any atom is 0.317 e. The molecule has 0 aromatic heterocycles. The zero-order chi connectivity index (χ0) is 41.4. The number of rotatable bonds is 6. The number of methoxy groups -OCH3 is 1. The lowest BCUT2D eigenvalue weighted by Crippen LogP contribution is -2.58. The van der Waals surface area contributed by atoms with E-state index in [0.717, 1.165) is 30.4 Å². The number of esters is 2. The van der Waals surface area contributed by atoms with Crippen molar-refractivity contribution in [3.8, 4) is 0 Å². The summed E-state index contributed by atoms with van der Waals surface area (Å²) in [4.78, 5) is 41.0. The maximum atomic E-state index is 14.6. The lowest BCUT2D eigenvalue weighted by Gasteiger charge is -2.49. The summed E-state index contributed by atoms with van der Waals surface area (Å²) in [7, 11) is 1.47. The molecule has 316 valence electrons. The number of ether oxygens (including phenoxy) is 6. The molecular formula is C46H61NO11. The number of anilines is 1. The van der Waals surface area contributed by atoms with Gasteiger partial charge in [0, 0.05) is 38.0 Å². The quantitative estimate of drug-likeness (QED) is 0.224. The number of aliphatic hydroxyl groups excluding tert-OH is 1. The summed E-state index contributed by atoms with van der Waals surface area (Å²) in [5.74, 6) is -3.15. The molecule has 11 atom stereocenters. The molecule has 7 rings (SSSR count). The Hall–Kier alpha value is -3.65. The highest BCUT2D eigenvalue weighted by Crippen LogP contribution is 2.48. The second-order valence-electron chi connectivity index (χ2n) is 17.7. The Bertz CT molecular complexity index is 1830. The van der Waals surface area contributed by atoms with Gasteiger partial charge in [-0.2, -0.15) is 0 Å². The molecule has 3 saturated heterocycles. The molecule has 3 N–H and O–H groups in total. The van der Waals surface area contributed by atoms with Crippen LogP contribution < -0.4 is 5.32 Å². The third-order valence-corrected chi connectivity index (χ3v) is 13.6. The lowest BCUT2D eigenvalue weighted by atomic mass is 9.71. The Morgan fingerprint density at radius 3 is 2.45 bits per heavy atom. The fraction of sp³-hybridized carbons (Fsp3) is 0.630. The van der Waals surface area contributed by atoms with Gasteiger partial charge in [-0.05, 0) is 86.8 Å². The number of benzene rings is 1. The van der Waals surface area contributed by atoms with E-state index in [1.165, 1.54) is 7.11 Å². The van der Waals surface area contributed by atoms with Crippen LogP contribution in [-0.2, 0) is 48.2 Å². The lowest BCUT2D eigenvalue weighted by molar-refractivity contribution is -0.332. The second kappa shape index (κ2) is 17.1. The molecule has 2 bridgehead atoms. The van der Waals surface area contributed by atoms with Crippen molar-refractivity contribution in [2.45, 2.75) is 146 Å². The van der Waals surface area contributed by atoms with E-state index in [1.807, 2.05) is 51.1 Å². The first-order valence-corrected chi connectivity index (χ1v) is 21.1. The zero-order valence-electron chi connectivity index (χ0n) is 34.7. The molecule has 6 aliphatic rings. The predicted molar refractivity (Wildman–Crippen MR) is 215 cm³/mol. The van der Waals surface area contributed by atoms with Crippen LogP contribution >= 0.6 is 0 Å². The van der Waals surface area contributed by atoms with Crippen LogP contribution in [-0.4, -0.2) is 96.4 Å². The topological polar surface area (TPSA) is 159 Å². The predicted octanol–water partition coefficient (Wildman–Crippen LogP) is 6.15. The molecule has 1 aromatic carbocycles. The highest BCUT2D eigenvalue weighted by molar-refractivity contribution is 5.92. The molecule has 0 unspecified atom stereocenters. The maximum absolute atomic E-state index is 14.6. The smallest absolute Gasteiger partial charge is 0.317 e. The highest BCUT2D eigenvalue weighted by atomic mass is 16.7. The largest absolute Gasteiger partial charge is 0.462 e. The number of carbonyl (C=O) groups excluding carboxylic acids is 3. The van der Waals surface area contributed by atoms with Crippen molar-refractivity contribution in [1.29, 1.82) is 0 Å². The summed E-state index contributed by atoms with van der Waals surface area (Å²) in [5.41, 5.74) is 0.616. The van der Waals surface area contributed by atoms with Crippen LogP contribution in [0.1, 0.15) is 98.0 Å². The van der Waals surface area contributed by atoms with E-state index < -0.39 is 53.1 Å². The van der Waals surface area contributed by atoms with Crippen molar-refractivity contribution in [1.82, 2.24) is 0 Å². The Balaban J connectivity index is 1.23. The van der Waals surface area contributed by atoms with Gasteiger partial charge in [-0.3, -0.25) is 14.4 Å². The SMILES string of the molecule is COCC(=O)Nc1ccc(C2(C(=O)O[C@H]3/C(C)=C/C[C@@H]4C[C@@H](C[C@]5(CC[C@H](C)[C@@H](C)O5)O4)OC(=O)[C@@H]4C=C(C)[C@@H](O)[C@H]5OC/C(=C\C=C\[C@@H]3C)[C@]54O)CCCC2)cc1. The first kappa shape index (κ1) is 42.5. The number of hydrogen-bond donors (Lipinski definition) is 3. The van der Waals surface area contributed by atoms with Gasteiger partial charge in [0.25, 0.3) is 0 Å². The van der Waals surface area contributed by atoms with Crippen molar-refractivity contribution in [3.05, 3.63) is 76.9 Å². The molecule has 58 heavy (non-hydrogen) atoms. The van der Waals surface area contributed by atoms with E-state index in [9.17, 15) is 24.6 Å². The summed E-state index contributed by atoms with van der Waals surface area (Å²) >= 11 is 0. The van der Waals surface area contributed by atoms with Gasteiger partial charge in [-0.1, -0.05) is 69.2 Å². The number of carbonyl (C=O) groups is 3. The molecule has 4 aliphatic heterocycles. The van der Waals surface area contributed by atoms with Crippen LogP contribution in [0.2, 0.25) is 0 Å². The van der Waals surface area contributed by atoms with Gasteiger partial charge in [0.1, 0.15) is 42.5 Å². The van der Waals surface area contributed by atoms with Gasteiger partial charge in [0.05, 0.1) is 24.2 Å². The van der Waals surface area contributed by atoms with E-state index in [4.69, 9.17) is 28.4 Å². The Kier molecular flexibility index (Phi) is 12.6. The van der Waals surface area contributed by atoms with Gasteiger partial charge in [-0.15, -0.1) is 0 Å². The first-order chi connectivity index (χ1) is 27.7. The van der Waals surface area contributed by atoms with Crippen LogP contribution in [0.5, 0.6) is 0 Å². The molecular weight excluding hydrogens is 743 g/mol. The third-order valence-electron chi connectivity index (χ3n) is 13.6. The van der Waals surface area contributed by atoms with E-state index >= 15 is 0 Å². The molecule has 12 heteroatoms. The minimum atomic E-state index is -1.84. The fourth-order valence-corrected chi connectivity index (χ4v) is 10.0. The Labute approximate surface area is 342 Å². The standard InChI is InChI=1S/C46H61NO11/c1-27-18-21-45(57-31(27)5)24-36-23-35(58-45)17-12-29(3)40(56-43(51)44(19-7-8-20-44)32-13-15-34(16-14-32)47-38(48)26-53-6)28(2)10-9-11-33-25-54-41-39(49)30(4)22-37(42(50)55-36)46(33,41)52/h9-16,22,27-28,31,35-37,39-41,49,52H,7-8,17-21,23-26H2,1-6H3,(H,47,48)/b10-9+,29-12+,33-11+/t27-,28-,31+,35+,36-,37-,39+,40+,41+,45-,46+/m0/s1. The molecule has 1 spiro atoms. The zero-order valence-corrected chi connectivity index (χ0v) is 34.7. The first-order valence-electron chi connectivity index (χ1n) is 21.1. The minimum Gasteiger partial charge on any atom is -0.462 e.